The molecular formula is C21H24N4O. The number of aromatic amines is 1. The highest BCUT2D eigenvalue weighted by molar-refractivity contribution is 5.79. The Bertz CT molecular complexity index is 841. The molecule has 4 rings (SSSR count). The van der Waals surface area contributed by atoms with Crippen molar-refractivity contribution < 1.29 is 4.79 Å². The maximum Gasteiger partial charge on any atom is 0.224 e. The summed E-state index contributed by atoms with van der Waals surface area (Å²) in [6.07, 6.45) is 1.79. The molecule has 0 bridgehead atoms. The summed E-state index contributed by atoms with van der Waals surface area (Å²) in [5, 5.41) is 3.09. The zero-order chi connectivity index (χ0) is 17.8. The van der Waals surface area contributed by atoms with Crippen molar-refractivity contribution in [2.75, 3.05) is 19.6 Å². The molecule has 0 radical (unpaired) electrons. The van der Waals surface area contributed by atoms with E-state index in [9.17, 15) is 4.79 Å². The summed E-state index contributed by atoms with van der Waals surface area (Å²) >= 11 is 0. The van der Waals surface area contributed by atoms with Crippen LogP contribution < -0.4 is 5.32 Å². The second kappa shape index (κ2) is 7.70. The van der Waals surface area contributed by atoms with Crippen LogP contribution in [0.3, 0.4) is 0 Å². The van der Waals surface area contributed by atoms with E-state index < -0.39 is 0 Å². The molecule has 1 atom stereocenters. The fourth-order valence-corrected chi connectivity index (χ4v) is 3.60. The van der Waals surface area contributed by atoms with Gasteiger partial charge in [0.15, 0.2) is 0 Å². The van der Waals surface area contributed by atoms with E-state index in [1.807, 2.05) is 42.5 Å². The van der Waals surface area contributed by atoms with Gasteiger partial charge in [-0.1, -0.05) is 42.5 Å². The smallest absolute Gasteiger partial charge is 0.224 e. The SMILES string of the molecule is O=C(NCCc1ccccc1)C1CCN(Cc2nc3ccccc3[nH]2)C1. The maximum atomic E-state index is 12.4. The van der Waals surface area contributed by atoms with E-state index in [1.54, 1.807) is 0 Å². The third-order valence-corrected chi connectivity index (χ3v) is 5.01. The molecule has 5 nitrogen and oxygen atoms in total. The first-order valence-corrected chi connectivity index (χ1v) is 9.25. The van der Waals surface area contributed by atoms with Crippen molar-refractivity contribution in [1.82, 2.24) is 20.2 Å². The maximum absolute atomic E-state index is 12.4. The minimum absolute atomic E-state index is 0.0788. The normalized spacial score (nSPS) is 17.6. The summed E-state index contributed by atoms with van der Waals surface area (Å²) in [5.74, 6) is 1.22. The third kappa shape index (κ3) is 3.94. The first-order chi connectivity index (χ1) is 12.8. The number of hydrogen-bond donors (Lipinski definition) is 2. The number of carbonyl (C=O) groups is 1. The molecular weight excluding hydrogens is 324 g/mol. The number of fused-ring (bicyclic) bond motifs is 1. The lowest BCUT2D eigenvalue weighted by Gasteiger charge is -2.14. The number of aromatic nitrogens is 2. The molecule has 134 valence electrons. The predicted octanol–water partition coefficient (Wildman–Crippen LogP) is 2.74. The van der Waals surface area contributed by atoms with Crippen molar-refractivity contribution in [3.05, 3.63) is 66.0 Å². The van der Waals surface area contributed by atoms with Crippen molar-refractivity contribution in [3.8, 4) is 0 Å². The summed E-state index contributed by atoms with van der Waals surface area (Å²) in [5.41, 5.74) is 3.32. The van der Waals surface area contributed by atoms with Gasteiger partial charge in [0.2, 0.25) is 5.91 Å². The molecule has 2 heterocycles. The second-order valence-electron chi connectivity index (χ2n) is 6.95. The van der Waals surface area contributed by atoms with Crippen LogP contribution in [0.2, 0.25) is 0 Å². The monoisotopic (exact) mass is 348 g/mol. The fourth-order valence-electron chi connectivity index (χ4n) is 3.60. The molecule has 3 aromatic rings. The van der Waals surface area contributed by atoms with Crippen LogP contribution in [0.1, 0.15) is 17.8 Å². The van der Waals surface area contributed by atoms with Crippen LogP contribution in [-0.2, 0) is 17.8 Å². The van der Waals surface area contributed by atoms with Crippen LogP contribution >= 0.6 is 0 Å². The molecule has 2 aromatic carbocycles. The lowest BCUT2D eigenvalue weighted by atomic mass is 10.1. The summed E-state index contributed by atoms with van der Waals surface area (Å²) < 4.78 is 0. The average molecular weight is 348 g/mol. The number of H-pyrrole nitrogens is 1. The number of nitrogens with one attached hydrogen (secondary N) is 2. The van der Waals surface area contributed by atoms with Crippen LogP contribution in [0.15, 0.2) is 54.6 Å². The molecule has 1 unspecified atom stereocenters. The molecule has 1 saturated heterocycles. The Kier molecular flexibility index (Phi) is 4.97. The van der Waals surface area contributed by atoms with Crippen LogP contribution in [0, 0.1) is 5.92 Å². The highest BCUT2D eigenvalue weighted by atomic mass is 16.1. The number of rotatable bonds is 6. The fraction of sp³-hybridized carbons (Fsp3) is 0.333. The van der Waals surface area contributed by atoms with Crippen molar-refractivity contribution >= 4 is 16.9 Å². The van der Waals surface area contributed by atoms with E-state index in [2.05, 4.69) is 32.3 Å². The van der Waals surface area contributed by atoms with Gasteiger partial charge in [0, 0.05) is 13.1 Å². The van der Waals surface area contributed by atoms with Gasteiger partial charge in [-0.2, -0.15) is 0 Å². The van der Waals surface area contributed by atoms with Gasteiger partial charge < -0.3 is 10.3 Å². The largest absolute Gasteiger partial charge is 0.355 e. The molecule has 1 fully saturated rings. The van der Waals surface area contributed by atoms with Gasteiger partial charge in [0.25, 0.3) is 0 Å². The van der Waals surface area contributed by atoms with Gasteiger partial charge in [0.1, 0.15) is 5.82 Å². The molecule has 0 spiro atoms. The Morgan fingerprint density at radius 2 is 1.96 bits per heavy atom. The van der Waals surface area contributed by atoms with Gasteiger partial charge in [-0.25, -0.2) is 4.98 Å². The van der Waals surface area contributed by atoms with Gasteiger partial charge in [-0.05, 0) is 37.1 Å². The van der Waals surface area contributed by atoms with Crippen LogP contribution in [0.5, 0.6) is 0 Å². The van der Waals surface area contributed by atoms with E-state index in [0.29, 0.717) is 6.54 Å². The number of benzene rings is 2. The molecule has 5 heteroatoms. The minimum Gasteiger partial charge on any atom is -0.355 e. The van der Waals surface area contributed by atoms with E-state index in [-0.39, 0.29) is 11.8 Å². The summed E-state index contributed by atoms with van der Waals surface area (Å²) in [6, 6.07) is 18.3. The minimum atomic E-state index is 0.0788. The standard InChI is InChI=1S/C21H24N4O/c26-21(22-12-10-16-6-2-1-3-7-16)17-11-13-25(14-17)15-20-23-18-8-4-5-9-19(18)24-20/h1-9,17H,10-15H2,(H,22,26)(H,23,24). The lowest BCUT2D eigenvalue weighted by Crippen LogP contribution is -2.34. The van der Waals surface area contributed by atoms with Crippen LogP contribution in [0.4, 0.5) is 0 Å². The van der Waals surface area contributed by atoms with Crippen molar-refractivity contribution in [2.24, 2.45) is 5.92 Å². The summed E-state index contributed by atoms with van der Waals surface area (Å²) in [6.45, 7) is 3.20. The van der Waals surface area contributed by atoms with E-state index in [4.69, 9.17) is 0 Å². The number of carbonyl (C=O) groups excluding carboxylic acids is 1. The highest BCUT2D eigenvalue weighted by Gasteiger charge is 2.28. The van der Waals surface area contributed by atoms with E-state index in [1.165, 1.54) is 5.56 Å². The molecule has 26 heavy (non-hydrogen) atoms. The van der Waals surface area contributed by atoms with E-state index in [0.717, 1.165) is 49.3 Å². The van der Waals surface area contributed by atoms with Gasteiger partial charge in [0.05, 0.1) is 23.5 Å². The molecule has 1 aromatic heterocycles. The molecule has 1 aliphatic heterocycles. The Morgan fingerprint density at radius 3 is 2.81 bits per heavy atom. The first kappa shape index (κ1) is 16.8. The molecule has 1 amide bonds. The number of hydrogen-bond acceptors (Lipinski definition) is 3. The number of imidazole rings is 1. The second-order valence-corrected chi connectivity index (χ2v) is 6.95. The number of likely N-dealkylation sites (tertiary alicyclic amines) is 1. The van der Waals surface area contributed by atoms with Crippen molar-refractivity contribution in [2.45, 2.75) is 19.4 Å². The Balaban J connectivity index is 1.25. The average Bonchev–Trinajstić information content (AvgIpc) is 3.29. The first-order valence-electron chi connectivity index (χ1n) is 9.25. The van der Waals surface area contributed by atoms with E-state index >= 15 is 0 Å². The van der Waals surface area contributed by atoms with Gasteiger partial charge in [-0.15, -0.1) is 0 Å². The molecule has 1 aliphatic rings. The predicted molar refractivity (Wildman–Crippen MR) is 103 cm³/mol. The number of amides is 1. The molecule has 2 N–H and O–H groups in total. The van der Waals surface area contributed by atoms with Gasteiger partial charge in [-0.3, -0.25) is 9.69 Å². The van der Waals surface area contributed by atoms with Crippen molar-refractivity contribution in [3.63, 3.8) is 0 Å². The number of para-hydroxylation sites is 2. The number of nitrogens with zero attached hydrogens (tertiary/aromatic N) is 2. The highest BCUT2D eigenvalue weighted by Crippen LogP contribution is 2.19. The van der Waals surface area contributed by atoms with Crippen LogP contribution in [0.25, 0.3) is 11.0 Å². The Hall–Kier alpha value is -2.66. The quantitative estimate of drug-likeness (QED) is 0.720. The zero-order valence-electron chi connectivity index (χ0n) is 14.8. The summed E-state index contributed by atoms with van der Waals surface area (Å²) in [4.78, 5) is 22.7. The lowest BCUT2D eigenvalue weighted by molar-refractivity contribution is -0.124. The Labute approximate surface area is 153 Å². The van der Waals surface area contributed by atoms with Gasteiger partial charge >= 0.3 is 0 Å². The topological polar surface area (TPSA) is 61.0 Å². The van der Waals surface area contributed by atoms with Crippen LogP contribution in [-0.4, -0.2) is 40.4 Å². The van der Waals surface area contributed by atoms with Crippen molar-refractivity contribution in [1.29, 1.82) is 0 Å². The summed E-state index contributed by atoms with van der Waals surface area (Å²) in [7, 11) is 0. The third-order valence-electron chi connectivity index (χ3n) is 5.01. The molecule has 0 saturated carbocycles. The Morgan fingerprint density at radius 1 is 1.15 bits per heavy atom. The zero-order valence-corrected chi connectivity index (χ0v) is 14.8. The molecule has 0 aliphatic carbocycles.